The summed E-state index contributed by atoms with van der Waals surface area (Å²) < 4.78 is 38.6. The summed E-state index contributed by atoms with van der Waals surface area (Å²) in [5.41, 5.74) is 0.176. The molecule has 0 radical (unpaired) electrons. The van der Waals surface area contributed by atoms with Crippen LogP contribution in [-0.4, -0.2) is 26.1 Å². The van der Waals surface area contributed by atoms with Gasteiger partial charge in [-0.2, -0.15) is 0 Å². The van der Waals surface area contributed by atoms with Gasteiger partial charge in [-0.1, -0.05) is 0 Å². The fourth-order valence-electron chi connectivity index (χ4n) is 6.94. The molecule has 0 bridgehead atoms. The Morgan fingerprint density at radius 3 is 2.30 bits per heavy atom. The second kappa shape index (κ2) is 3.27. The second-order valence-corrected chi connectivity index (χ2v) is 9.59. The van der Waals surface area contributed by atoms with Gasteiger partial charge in [-0.15, -0.1) is 0 Å². The van der Waals surface area contributed by atoms with Crippen molar-refractivity contribution in [1.29, 1.82) is 0 Å². The number of hydrogen-bond donors (Lipinski definition) is 2. The Hall–Kier alpha value is -1.63. The summed E-state index contributed by atoms with van der Waals surface area (Å²) in [6.45, 7) is 0. The Morgan fingerprint density at radius 1 is 1.13 bits per heavy atom. The smallest absolute Gasteiger partial charge is 0.253 e. The lowest BCUT2D eigenvalue weighted by Crippen LogP contribution is -3.11. The van der Waals surface area contributed by atoms with Gasteiger partial charge in [0.25, 0.3) is 5.91 Å². The van der Waals surface area contributed by atoms with Crippen LogP contribution in [0.4, 0.5) is 10.1 Å². The Balaban J connectivity index is 1.30. The lowest BCUT2D eigenvalue weighted by Gasteiger charge is -3.07. The van der Waals surface area contributed by atoms with Crippen molar-refractivity contribution < 1.29 is 17.6 Å². The van der Waals surface area contributed by atoms with Crippen molar-refractivity contribution in [2.24, 2.45) is 41.4 Å². The molecule has 7 rings (SSSR count). The van der Waals surface area contributed by atoms with Crippen molar-refractivity contribution >= 4 is 21.6 Å². The summed E-state index contributed by atoms with van der Waals surface area (Å²) in [7, 11) is -3.58. The largest absolute Gasteiger partial charge is 0.346 e. The molecule has 0 spiro atoms. The van der Waals surface area contributed by atoms with E-state index >= 15 is 0 Å². The maximum Gasteiger partial charge on any atom is 0.253 e. The Bertz CT molecular complexity index is 861. The van der Waals surface area contributed by atoms with Gasteiger partial charge >= 0.3 is 0 Å². The summed E-state index contributed by atoms with van der Waals surface area (Å²) >= 11 is 0. The van der Waals surface area contributed by atoms with E-state index in [4.69, 9.17) is 0 Å². The van der Waals surface area contributed by atoms with Gasteiger partial charge in [0.2, 0.25) is 10.0 Å². The van der Waals surface area contributed by atoms with E-state index in [9.17, 15) is 17.6 Å². The number of sulfonamides is 1. The first-order valence-corrected chi connectivity index (χ1v) is 9.83. The van der Waals surface area contributed by atoms with Crippen molar-refractivity contribution in [1.82, 2.24) is 5.32 Å². The van der Waals surface area contributed by atoms with Crippen LogP contribution in [0.2, 0.25) is 0 Å². The van der Waals surface area contributed by atoms with E-state index in [-0.39, 0.29) is 22.7 Å². The van der Waals surface area contributed by atoms with E-state index < -0.39 is 15.8 Å². The number of carbonyl (C=O) groups is 1. The normalized spacial score (nSPS) is 48.7. The monoisotopic (exact) mass is 334 g/mol. The number of rotatable bonds is 4. The molecule has 6 saturated carbocycles. The molecule has 0 unspecified atom stereocenters. The minimum absolute atomic E-state index is 0.00177. The van der Waals surface area contributed by atoms with E-state index in [0.29, 0.717) is 17.8 Å². The van der Waals surface area contributed by atoms with Crippen LogP contribution in [0.3, 0.4) is 0 Å². The van der Waals surface area contributed by atoms with Gasteiger partial charge in [0, 0.05) is 0 Å². The third-order valence-electron chi connectivity index (χ3n) is 7.33. The zero-order valence-electron chi connectivity index (χ0n) is 12.3. The van der Waals surface area contributed by atoms with E-state index in [1.807, 2.05) is 0 Å². The van der Waals surface area contributed by atoms with Crippen LogP contribution < -0.4 is 10.0 Å². The number of anilines is 1. The van der Waals surface area contributed by atoms with E-state index in [1.54, 1.807) is 0 Å². The molecule has 6 aliphatic carbocycles. The molecule has 6 aliphatic rings. The fourth-order valence-corrected chi connectivity index (χ4v) is 7.51. The molecule has 120 valence electrons. The highest BCUT2D eigenvalue weighted by Gasteiger charge is 3.04. The van der Waals surface area contributed by atoms with Crippen LogP contribution in [0.25, 0.3) is 0 Å². The predicted molar refractivity (Wildman–Crippen MR) is 79.5 cm³/mol. The molecular formula is C16H15FN2O3S. The first-order chi connectivity index (χ1) is 10.8. The number of nitrogens with one attached hydrogen (secondary N) is 2. The topological polar surface area (TPSA) is 75.3 Å². The van der Waals surface area contributed by atoms with E-state index in [0.717, 1.165) is 36.0 Å². The molecule has 7 heteroatoms. The molecule has 1 aromatic rings. The molecule has 0 saturated heterocycles. The van der Waals surface area contributed by atoms with Crippen molar-refractivity contribution in [3.63, 3.8) is 0 Å². The van der Waals surface area contributed by atoms with Crippen molar-refractivity contribution in [2.75, 3.05) is 11.0 Å². The van der Waals surface area contributed by atoms with Crippen LogP contribution >= 0.6 is 0 Å². The second-order valence-electron chi connectivity index (χ2n) is 7.84. The number of carbonyl (C=O) groups excluding carboxylic acids is 1. The first kappa shape index (κ1) is 12.8. The van der Waals surface area contributed by atoms with E-state index in [2.05, 4.69) is 10.0 Å². The minimum Gasteiger partial charge on any atom is -0.346 e. The lowest BCUT2D eigenvalue weighted by molar-refractivity contribution is -0.577. The Morgan fingerprint density at radius 2 is 1.74 bits per heavy atom. The highest BCUT2D eigenvalue weighted by Crippen LogP contribution is 3.02. The lowest BCUT2D eigenvalue weighted by atomic mass is 8.98. The molecule has 2 N–H and O–H groups in total. The van der Waals surface area contributed by atoms with Gasteiger partial charge < -0.3 is 5.32 Å². The molecule has 23 heavy (non-hydrogen) atoms. The Kier molecular flexibility index (Phi) is 1.81. The molecule has 5 nitrogen and oxygen atoms in total. The van der Waals surface area contributed by atoms with Crippen LogP contribution in [0.5, 0.6) is 0 Å². The van der Waals surface area contributed by atoms with Gasteiger partial charge in [0.15, 0.2) is 0 Å². The standard InChI is InChI=1S/C16H15FN2O3S/c1-23(21,22)19-7-4-5(17)2-3-6(7)15(20)18-16-12-9-8-10(12)14(16)11(8)13(9)16/h2-4,8-14,19H,1H3,(H,18,20). The average molecular weight is 334 g/mol. The zero-order chi connectivity index (χ0) is 15.9. The molecular weight excluding hydrogens is 319 g/mol. The number of amides is 1. The molecule has 1 aromatic carbocycles. The van der Waals surface area contributed by atoms with Crippen LogP contribution in [-0.2, 0) is 10.0 Å². The average Bonchev–Trinajstić information content (AvgIpc) is 2.46. The quantitative estimate of drug-likeness (QED) is 0.864. The third kappa shape index (κ3) is 1.09. The molecule has 0 atom stereocenters. The van der Waals surface area contributed by atoms with E-state index in [1.165, 1.54) is 12.1 Å². The molecule has 6 fully saturated rings. The van der Waals surface area contributed by atoms with Gasteiger partial charge in [-0.25, -0.2) is 12.8 Å². The minimum atomic E-state index is -3.58. The maximum atomic E-state index is 13.4. The van der Waals surface area contributed by atoms with Gasteiger partial charge in [0.05, 0.1) is 23.0 Å². The van der Waals surface area contributed by atoms with Crippen LogP contribution in [0.1, 0.15) is 10.4 Å². The zero-order valence-corrected chi connectivity index (χ0v) is 13.1. The summed E-state index contributed by atoms with van der Waals surface area (Å²) in [5, 5.41) is 3.17. The Labute approximate surface area is 132 Å². The molecule has 0 aromatic heterocycles. The molecule has 0 heterocycles. The molecule has 0 aliphatic heterocycles. The number of benzene rings is 1. The van der Waals surface area contributed by atoms with Crippen molar-refractivity contribution in [2.45, 2.75) is 5.54 Å². The fraction of sp³-hybridized carbons (Fsp3) is 0.562. The van der Waals surface area contributed by atoms with Gasteiger partial charge in [-0.3, -0.25) is 9.52 Å². The summed E-state index contributed by atoms with van der Waals surface area (Å²) in [4.78, 5) is 12.7. The summed E-state index contributed by atoms with van der Waals surface area (Å²) in [6.07, 6.45) is 0.984. The predicted octanol–water partition coefficient (Wildman–Crippen LogP) is 1.05. The number of halogens is 1. The van der Waals surface area contributed by atoms with Crippen molar-refractivity contribution in [3.8, 4) is 0 Å². The van der Waals surface area contributed by atoms with Crippen LogP contribution in [0, 0.1) is 47.2 Å². The first-order valence-electron chi connectivity index (χ1n) is 7.94. The highest BCUT2D eigenvalue weighted by atomic mass is 32.2. The highest BCUT2D eigenvalue weighted by molar-refractivity contribution is 7.92. The summed E-state index contributed by atoms with van der Waals surface area (Å²) in [5.74, 6) is 4.58. The van der Waals surface area contributed by atoms with Crippen molar-refractivity contribution in [3.05, 3.63) is 29.6 Å². The summed E-state index contributed by atoms with van der Waals surface area (Å²) in [6, 6.07) is 3.58. The van der Waals surface area contributed by atoms with Gasteiger partial charge in [0.1, 0.15) is 5.82 Å². The van der Waals surface area contributed by atoms with Gasteiger partial charge in [-0.05, 0) is 59.6 Å². The third-order valence-corrected chi connectivity index (χ3v) is 7.92. The van der Waals surface area contributed by atoms with Crippen LogP contribution in [0.15, 0.2) is 18.2 Å². The maximum absolute atomic E-state index is 13.4. The number of hydrogen-bond acceptors (Lipinski definition) is 3. The SMILES string of the molecule is CS(=O)(=O)Nc1cc(F)ccc1C(=O)NC12C3C4C5C3C1C5C42. The molecule has 1 amide bonds.